The summed E-state index contributed by atoms with van der Waals surface area (Å²) < 4.78 is 25.8. The minimum atomic E-state index is -3.45. The van der Waals surface area contributed by atoms with Crippen LogP contribution in [-0.4, -0.2) is 42.6 Å². The van der Waals surface area contributed by atoms with E-state index in [0.29, 0.717) is 25.3 Å². The van der Waals surface area contributed by atoms with E-state index in [4.69, 9.17) is 5.73 Å². The fraction of sp³-hybridized carbons (Fsp3) is 0.667. The van der Waals surface area contributed by atoms with Crippen molar-refractivity contribution in [1.82, 2.24) is 14.5 Å². The van der Waals surface area contributed by atoms with Crippen molar-refractivity contribution in [2.24, 2.45) is 5.73 Å². The van der Waals surface area contributed by atoms with E-state index in [1.165, 1.54) is 10.5 Å². The Morgan fingerprint density at radius 1 is 1.50 bits per heavy atom. The summed E-state index contributed by atoms with van der Waals surface area (Å²) >= 11 is 0. The summed E-state index contributed by atoms with van der Waals surface area (Å²) in [5, 5.41) is 6.36. The van der Waals surface area contributed by atoms with Gasteiger partial charge in [0.25, 0.3) is 0 Å². The number of hydrogen-bond donors (Lipinski definition) is 2. The molecule has 6 nitrogen and oxygen atoms in total. The van der Waals surface area contributed by atoms with Crippen LogP contribution in [0.25, 0.3) is 0 Å². The summed E-state index contributed by atoms with van der Waals surface area (Å²) in [5.74, 6) is 0. The van der Waals surface area contributed by atoms with E-state index >= 15 is 0 Å². The molecule has 0 radical (unpaired) electrons. The quantitative estimate of drug-likeness (QED) is 0.743. The van der Waals surface area contributed by atoms with E-state index in [1.54, 1.807) is 6.92 Å². The molecule has 0 bridgehead atoms. The maximum Gasteiger partial charge on any atom is 0.246 e. The summed E-state index contributed by atoms with van der Waals surface area (Å²) in [4.78, 5) is 0.231. The van der Waals surface area contributed by atoms with Crippen molar-refractivity contribution in [3.63, 3.8) is 0 Å². The number of hydrogen-bond acceptors (Lipinski definition) is 4. The molecule has 92 valence electrons. The van der Waals surface area contributed by atoms with Crippen LogP contribution in [0.3, 0.4) is 0 Å². The lowest BCUT2D eigenvalue weighted by Gasteiger charge is -2.20. The summed E-state index contributed by atoms with van der Waals surface area (Å²) in [6.45, 7) is 4.74. The molecule has 0 aliphatic carbocycles. The van der Waals surface area contributed by atoms with E-state index in [2.05, 4.69) is 10.2 Å². The first-order valence-electron chi connectivity index (χ1n) is 5.24. The van der Waals surface area contributed by atoms with Gasteiger partial charge in [0.05, 0.1) is 11.9 Å². The third-order valence-corrected chi connectivity index (χ3v) is 4.27. The predicted octanol–water partition coefficient (Wildman–Crippen LogP) is 0.0775. The van der Waals surface area contributed by atoms with Gasteiger partial charge in [-0.05, 0) is 13.3 Å². The highest BCUT2D eigenvalue weighted by Crippen LogP contribution is 2.17. The van der Waals surface area contributed by atoms with Crippen molar-refractivity contribution in [3.05, 3.63) is 11.9 Å². The molecule has 7 heteroatoms. The van der Waals surface area contributed by atoms with Crippen LogP contribution in [0.15, 0.2) is 11.1 Å². The van der Waals surface area contributed by atoms with Crippen molar-refractivity contribution >= 4 is 10.0 Å². The minimum Gasteiger partial charge on any atom is -0.329 e. The maximum absolute atomic E-state index is 12.2. The van der Waals surface area contributed by atoms with Gasteiger partial charge in [0, 0.05) is 19.6 Å². The van der Waals surface area contributed by atoms with Crippen LogP contribution < -0.4 is 5.73 Å². The van der Waals surface area contributed by atoms with Gasteiger partial charge in [0.2, 0.25) is 10.0 Å². The maximum atomic E-state index is 12.2. The third kappa shape index (κ3) is 2.60. The smallest absolute Gasteiger partial charge is 0.246 e. The van der Waals surface area contributed by atoms with Gasteiger partial charge in [-0.15, -0.1) is 0 Å². The second-order valence-corrected chi connectivity index (χ2v) is 5.46. The number of aromatic amines is 1. The summed E-state index contributed by atoms with van der Waals surface area (Å²) in [5.41, 5.74) is 5.97. The molecule has 0 atom stereocenters. The van der Waals surface area contributed by atoms with Crippen LogP contribution in [0.5, 0.6) is 0 Å². The Balaban J connectivity index is 3.03. The Labute approximate surface area is 95.9 Å². The first-order chi connectivity index (χ1) is 7.54. The Kier molecular flexibility index (Phi) is 4.45. The SMILES string of the molecule is CCCN(CCN)S(=O)(=O)c1cn[nH]c1C. The van der Waals surface area contributed by atoms with Crippen molar-refractivity contribution in [2.75, 3.05) is 19.6 Å². The molecule has 0 saturated heterocycles. The molecule has 0 aliphatic heterocycles. The number of nitrogens with one attached hydrogen (secondary N) is 1. The van der Waals surface area contributed by atoms with Crippen molar-refractivity contribution < 1.29 is 8.42 Å². The molecular formula is C9H18N4O2S. The predicted molar refractivity (Wildman–Crippen MR) is 61.4 cm³/mol. The average Bonchev–Trinajstić information content (AvgIpc) is 2.65. The fourth-order valence-electron chi connectivity index (χ4n) is 1.48. The average molecular weight is 246 g/mol. The van der Waals surface area contributed by atoms with E-state index in [-0.39, 0.29) is 4.90 Å². The standard InChI is InChI=1S/C9H18N4O2S/c1-3-5-13(6-4-10)16(14,15)9-7-11-12-8(9)2/h7H,3-6,10H2,1-2H3,(H,11,12). The van der Waals surface area contributed by atoms with Crippen LogP contribution in [0.2, 0.25) is 0 Å². The first-order valence-corrected chi connectivity index (χ1v) is 6.68. The van der Waals surface area contributed by atoms with E-state index < -0.39 is 10.0 Å². The Bertz CT molecular complexity index is 420. The van der Waals surface area contributed by atoms with Gasteiger partial charge in [0.15, 0.2) is 0 Å². The van der Waals surface area contributed by atoms with Crippen LogP contribution >= 0.6 is 0 Å². The van der Waals surface area contributed by atoms with Crippen molar-refractivity contribution in [2.45, 2.75) is 25.2 Å². The number of H-pyrrole nitrogens is 1. The van der Waals surface area contributed by atoms with Crippen molar-refractivity contribution in [3.8, 4) is 0 Å². The van der Waals surface area contributed by atoms with Gasteiger partial charge in [-0.3, -0.25) is 5.10 Å². The van der Waals surface area contributed by atoms with Crippen molar-refractivity contribution in [1.29, 1.82) is 0 Å². The summed E-state index contributed by atoms with van der Waals surface area (Å²) in [6, 6.07) is 0. The first kappa shape index (κ1) is 13.1. The molecule has 0 aromatic carbocycles. The Morgan fingerprint density at radius 2 is 2.19 bits per heavy atom. The largest absolute Gasteiger partial charge is 0.329 e. The highest BCUT2D eigenvalue weighted by atomic mass is 32.2. The van der Waals surface area contributed by atoms with Gasteiger partial charge >= 0.3 is 0 Å². The molecule has 0 saturated carbocycles. The van der Waals surface area contributed by atoms with Gasteiger partial charge in [-0.25, -0.2) is 8.42 Å². The molecule has 0 aliphatic rings. The number of nitrogens with zero attached hydrogens (tertiary/aromatic N) is 2. The molecule has 1 aromatic heterocycles. The Morgan fingerprint density at radius 3 is 2.62 bits per heavy atom. The number of nitrogens with two attached hydrogens (primary N) is 1. The number of rotatable bonds is 6. The highest BCUT2D eigenvalue weighted by Gasteiger charge is 2.25. The molecule has 16 heavy (non-hydrogen) atoms. The van der Waals surface area contributed by atoms with Crippen LogP contribution in [0, 0.1) is 6.92 Å². The third-order valence-electron chi connectivity index (χ3n) is 2.25. The molecule has 1 rings (SSSR count). The van der Waals surface area contributed by atoms with Gasteiger partial charge < -0.3 is 5.73 Å². The molecule has 1 aromatic rings. The highest BCUT2D eigenvalue weighted by molar-refractivity contribution is 7.89. The topological polar surface area (TPSA) is 92.1 Å². The molecule has 0 fully saturated rings. The lowest BCUT2D eigenvalue weighted by Crippen LogP contribution is -2.36. The summed E-state index contributed by atoms with van der Waals surface area (Å²) in [6.07, 6.45) is 2.10. The molecule has 0 spiro atoms. The van der Waals surface area contributed by atoms with E-state index in [0.717, 1.165) is 6.42 Å². The molecule has 0 amide bonds. The lowest BCUT2D eigenvalue weighted by molar-refractivity contribution is 0.417. The Hall–Kier alpha value is -0.920. The van der Waals surface area contributed by atoms with Gasteiger partial charge in [-0.2, -0.15) is 9.40 Å². The van der Waals surface area contributed by atoms with Crippen LogP contribution in [-0.2, 0) is 10.0 Å². The van der Waals surface area contributed by atoms with E-state index in [9.17, 15) is 8.42 Å². The fourth-order valence-corrected chi connectivity index (χ4v) is 3.15. The number of sulfonamides is 1. The monoisotopic (exact) mass is 246 g/mol. The molecule has 0 unspecified atom stereocenters. The zero-order valence-corrected chi connectivity index (χ0v) is 10.4. The molecule has 3 N–H and O–H groups in total. The number of aromatic nitrogens is 2. The second kappa shape index (κ2) is 5.42. The summed E-state index contributed by atoms with van der Waals surface area (Å²) in [7, 11) is -3.45. The lowest BCUT2D eigenvalue weighted by atomic mass is 10.5. The van der Waals surface area contributed by atoms with Gasteiger partial charge in [-0.1, -0.05) is 6.92 Å². The minimum absolute atomic E-state index is 0.231. The second-order valence-electron chi connectivity index (χ2n) is 3.55. The van der Waals surface area contributed by atoms with Gasteiger partial charge in [0.1, 0.15) is 4.90 Å². The normalized spacial score (nSPS) is 12.2. The number of aryl methyl sites for hydroxylation is 1. The molecule has 1 heterocycles. The van der Waals surface area contributed by atoms with Crippen LogP contribution in [0.1, 0.15) is 19.0 Å². The zero-order valence-electron chi connectivity index (χ0n) is 9.60. The van der Waals surface area contributed by atoms with Crippen LogP contribution in [0.4, 0.5) is 0 Å². The zero-order chi connectivity index (χ0) is 12.2. The molecular weight excluding hydrogens is 228 g/mol. The van der Waals surface area contributed by atoms with E-state index in [1.807, 2.05) is 6.92 Å².